The van der Waals surface area contributed by atoms with Crippen LogP contribution in [0.1, 0.15) is 47.9 Å². The molecule has 40 heavy (non-hydrogen) atoms. The number of imidazole rings is 1. The summed E-state index contributed by atoms with van der Waals surface area (Å²) in [5, 5.41) is 16.4. The molecule has 1 aliphatic carbocycles. The number of hydrogen-bond donors (Lipinski definition) is 3. The van der Waals surface area contributed by atoms with Crippen LogP contribution in [0.3, 0.4) is 0 Å². The van der Waals surface area contributed by atoms with Gasteiger partial charge in [0.1, 0.15) is 17.1 Å². The fourth-order valence-electron chi connectivity index (χ4n) is 4.62. The quantitative estimate of drug-likeness (QED) is 0.234. The third-order valence-corrected chi connectivity index (χ3v) is 7.24. The maximum Gasteiger partial charge on any atom is 0.374 e. The molecule has 0 bridgehead atoms. The number of anilines is 1. The topological polar surface area (TPSA) is 131 Å². The lowest BCUT2D eigenvalue weighted by Gasteiger charge is -2.17. The van der Waals surface area contributed by atoms with Gasteiger partial charge in [0.05, 0.1) is 18.6 Å². The molecule has 1 atom stereocenters. The van der Waals surface area contributed by atoms with E-state index in [2.05, 4.69) is 27.5 Å². The molecule has 0 saturated heterocycles. The van der Waals surface area contributed by atoms with Crippen LogP contribution >= 0.6 is 11.6 Å². The number of carbonyl (C=O) groups excluding carboxylic acids is 1. The van der Waals surface area contributed by atoms with E-state index in [-0.39, 0.29) is 36.4 Å². The van der Waals surface area contributed by atoms with Crippen molar-refractivity contribution in [1.82, 2.24) is 24.8 Å². The maximum absolute atomic E-state index is 12.0. The van der Waals surface area contributed by atoms with E-state index in [9.17, 15) is 14.7 Å². The van der Waals surface area contributed by atoms with Crippen LogP contribution in [0.15, 0.2) is 42.5 Å². The molecule has 0 radical (unpaired) electrons. The lowest BCUT2D eigenvalue weighted by molar-refractivity contribution is -0.121. The third-order valence-electron chi connectivity index (χ3n) is 6.98. The lowest BCUT2D eigenvalue weighted by atomic mass is 10.1. The number of aryl methyl sites for hydroxylation is 1. The molecule has 3 N–H and O–H groups in total. The summed E-state index contributed by atoms with van der Waals surface area (Å²) < 4.78 is 8.03. The summed E-state index contributed by atoms with van der Waals surface area (Å²) in [6.07, 6.45) is 2.43. The van der Waals surface area contributed by atoms with Crippen LogP contribution in [0.5, 0.6) is 5.75 Å². The molecule has 5 rings (SSSR count). The van der Waals surface area contributed by atoms with Gasteiger partial charge in [0.25, 0.3) is 0 Å². The van der Waals surface area contributed by atoms with E-state index in [0.29, 0.717) is 46.0 Å². The second-order valence-electron chi connectivity index (χ2n) is 10.1. The molecule has 1 saturated carbocycles. The van der Waals surface area contributed by atoms with E-state index in [1.165, 1.54) is 0 Å². The molecule has 208 valence electrons. The average Bonchev–Trinajstić information content (AvgIpc) is 3.73. The smallest absolute Gasteiger partial charge is 0.374 e. The Labute approximate surface area is 236 Å². The Bertz CT molecular complexity index is 1570. The number of aromatic nitrogens is 4. The standard InChI is InChI=1S/C29H31ClN6O4/c1-16-4-11-22(40-13-12-23(37)31-3)21(14-16)28-35-26-24(36(28)15-18-5-9-20(30)10-6-18)25(32-17(2)19-7-8-19)33-27(34-26)29(38)39/h4-6,9-11,14,17,19H,7-8,12-13,15H2,1-3H3,(H,31,37)(H,38,39)(H,32,33,34)/t17-/m1/s1. The molecule has 0 unspecified atom stereocenters. The van der Waals surface area contributed by atoms with Gasteiger partial charge in [-0.3, -0.25) is 4.79 Å². The lowest BCUT2D eigenvalue weighted by Crippen LogP contribution is -2.20. The van der Waals surface area contributed by atoms with Crippen LogP contribution in [-0.2, 0) is 11.3 Å². The van der Waals surface area contributed by atoms with Crippen LogP contribution in [0.2, 0.25) is 5.02 Å². The number of nitrogens with one attached hydrogen (secondary N) is 2. The van der Waals surface area contributed by atoms with Gasteiger partial charge in [-0.15, -0.1) is 0 Å². The number of amides is 1. The molecule has 1 fully saturated rings. The SMILES string of the molecule is CNC(=O)CCOc1ccc(C)cc1-c1nc2nc(C(=O)O)nc(N[C@H](C)C3CC3)c2n1Cc1ccc(Cl)cc1. The van der Waals surface area contributed by atoms with Gasteiger partial charge in [-0.05, 0) is 62.4 Å². The summed E-state index contributed by atoms with van der Waals surface area (Å²) in [6, 6.07) is 13.3. The Kier molecular flexibility index (Phi) is 7.88. The molecule has 2 heterocycles. The molecule has 4 aromatic rings. The number of carboxylic acid groups (broad SMARTS) is 1. The predicted octanol–water partition coefficient (Wildman–Crippen LogP) is 4.93. The van der Waals surface area contributed by atoms with Crippen molar-refractivity contribution in [2.45, 2.75) is 45.7 Å². The Morgan fingerprint density at radius 2 is 1.90 bits per heavy atom. The largest absolute Gasteiger partial charge is 0.492 e. The van der Waals surface area contributed by atoms with E-state index in [1.54, 1.807) is 7.05 Å². The van der Waals surface area contributed by atoms with Gasteiger partial charge in [-0.2, -0.15) is 0 Å². The van der Waals surface area contributed by atoms with Gasteiger partial charge in [0, 0.05) is 24.7 Å². The number of aromatic carboxylic acids is 1. The first-order valence-electron chi connectivity index (χ1n) is 13.2. The van der Waals surface area contributed by atoms with Gasteiger partial charge < -0.3 is 25.0 Å². The zero-order chi connectivity index (χ0) is 28.4. The average molecular weight is 563 g/mol. The third kappa shape index (κ3) is 6.02. The molecule has 11 heteroatoms. The minimum atomic E-state index is -1.23. The van der Waals surface area contributed by atoms with Crippen molar-refractivity contribution < 1.29 is 19.4 Å². The van der Waals surface area contributed by atoms with E-state index in [4.69, 9.17) is 21.3 Å². The Balaban J connectivity index is 1.69. The van der Waals surface area contributed by atoms with E-state index < -0.39 is 5.97 Å². The number of halogens is 1. The van der Waals surface area contributed by atoms with Crippen molar-refractivity contribution in [3.05, 3.63) is 64.4 Å². The monoisotopic (exact) mass is 562 g/mol. The summed E-state index contributed by atoms with van der Waals surface area (Å²) in [6.45, 7) is 4.63. The highest BCUT2D eigenvalue weighted by molar-refractivity contribution is 6.30. The minimum absolute atomic E-state index is 0.102. The molecule has 0 aliphatic heterocycles. The number of rotatable bonds is 11. The molecule has 1 aliphatic rings. The first kappa shape index (κ1) is 27.4. The fraction of sp³-hybridized carbons (Fsp3) is 0.345. The van der Waals surface area contributed by atoms with Gasteiger partial charge in [-0.25, -0.2) is 19.7 Å². The number of hydrogen-bond acceptors (Lipinski definition) is 7. The van der Waals surface area contributed by atoms with E-state index in [1.807, 2.05) is 54.0 Å². The van der Waals surface area contributed by atoms with Gasteiger partial charge in [0.2, 0.25) is 11.7 Å². The number of ether oxygens (including phenoxy) is 1. The molecule has 2 aromatic carbocycles. The highest BCUT2D eigenvalue weighted by Gasteiger charge is 2.30. The van der Waals surface area contributed by atoms with Crippen LogP contribution in [0.4, 0.5) is 5.82 Å². The Hall–Kier alpha value is -4.18. The number of benzene rings is 2. The van der Waals surface area contributed by atoms with Crippen LogP contribution in [-0.4, -0.2) is 56.2 Å². The zero-order valence-electron chi connectivity index (χ0n) is 22.6. The Morgan fingerprint density at radius 3 is 2.58 bits per heavy atom. The number of nitrogens with zero attached hydrogens (tertiary/aromatic N) is 4. The van der Waals surface area contributed by atoms with Gasteiger partial charge >= 0.3 is 5.97 Å². The van der Waals surface area contributed by atoms with Crippen molar-refractivity contribution in [2.75, 3.05) is 19.0 Å². The predicted molar refractivity (Wildman–Crippen MR) is 153 cm³/mol. The summed E-state index contributed by atoms with van der Waals surface area (Å²) in [5.74, 6) is 0.336. The van der Waals surface area contributed by atoms with E-state index in [0.717, 1.165) is 24.0 Å². The molecule has 1 amide bonds. The highest BCUT2D eigenvalue weighted by atomic mass is 35.5. The van der Waals surface area contributed by atoms with Gasteiger partial charge in [-0.1, -0.05) is 35.4 Å². The normalized spacial score (nSPS) is 13.7. The highest BCUT2D eigenvalue weighted by Crippen LogP contribution is 2.37. The minimum Gasteiger partial charge on any atom is -0.492 e. The van der Waals surface area contributed by atoms with Gasteiger partial charge in [0.15, 0.2) is 11.5 Å². The molecule has 0 spiro atoms. The van der Waals surface area contributed by atoms with Crippen LogP contribution in [0.25, 0.3) is 22.6 Å². The first-order chi connectivity index (χ1) is 19.2. The van der Waals surface area contributed by atoms with Crippen LogP contribution in [0, 0.1) is 12.8 Å². The first-order valence-corrected chi connectivity index (χ1v) is 13.6. The molecular weight excluding hydrogens is 532 g/mol. The zero-order valence-corrected chi connectivity index (χ0v) is 23.3. The number of carbonyl (C=O) groups is 2. The summed E-state index contributed by atoms with van der Waals surface area (Å²) in [4.78, 5) is 37.3. The second-order valence-corrected chi connectivity index (χ2v) is 10.5. The number of carboxylic acids is 1. The molecule has 10 nitrogen and oxygen atoms in total. The summed E-state index contributed by atoms with van der Waals surface area (Å²) in [7, 11) is 1.58. The maximum atomic E-state index is 12.0. The molecule has 2 aromatic heterocycles. The van der Waals surface area contributed by atoms with Crippen LogP contribution < -0.4 is 15.4 Å². The number of fused-ring (bicyclic) bond motifs is 1. The van der Waals surface area contributed by atoms with Crippen molar-refractivity contribution in [3.8, 4) is 17.1 Å². The van der Waals surface area contributed by atoms with Crippen molar-refractivity contribution in [2.24, 2.45) is 5.92 Å². The molecular formula is C29H31ClN6O4. The van der Waals surface area contributed by atoms with Crippen molar-refractivity contribution >= 4 is 40.5 Å². The van der Waals surface area contributed by atoms with E-state index >= 15 is 0 Å². The summed E-state index contributed by atoms with van der Waals surface area (Å²) >= 11 is 6.15. The van der Waals surface area contributed by atoms with Crippen molar-refractivity contribution in [3.63, 3.8) is 0 Å². The second kappa shape index (κ2) is 11.5. The summed E-state index contributed by atoms with van der Waals surface area (Å²) in [5.41, 5.74) is 3.50. The van der Waals surface area contributed by atoms with Crippen molar-refractivity contribution in [1.29, 1.82) is 0 Å². The fourth-order valence-corrected chi connectivity index (χ4v) is 4.74. The Morgan fingerprint density at radius 1 is 1.15 bits per heavy atom.